The molecule has 29 heavy (non-hydrogen) atoms. The first-order valence-electron chi connectivity index (χ1n) is 11.8. The molecule has 1 rings (SSSR count). The zero-order valence-electron chi connectivity index (χ0n) is 19.4. The molecule has 1 aromatic carbocycles. The molecule has 0 unspecified atom stereocenters. The van der Waals surface area contributed by atoms with E-state index in [9.17, 15) is 4.79 Å². The lowest BCUT2D eigenvalue weighted by atomic mass is 10.1. The van der Waals surface area contributed by atoms with Crippen LogP contribution in [0, 0.1) is 0 Å². The monoisotopic (exact) mass is 404 g/mol. The summed E-state index contributed by atoms with van der Waals surface area (Å²) >= 11 is 0. The van der Waals surface area contributed by atoms with Gasteiger partial charge in [-0.2, -0.15) is 0 Å². The quantitative estimate of drug-likeness (QED) is 0.280. The van der Waals surface area contributed by atoms with E-state index in [1.165, 1.54) is 77.0 Å². The van der Waals surface area contributed by atoms with Gasteiger partial charge >= 0.3 is 0 Å². The van der Waals surface area contributed by atoms with Crippen molar-refractivity contribution in [2.24, 2.45) is 0 Å². The van der Waals surface area contributed by atoms with E-state index in [1.54, 1.807) is 14.0 Å². The number of hydrogen-bond acceptors (Lipinski definition) is 3. The van der Waals surface area contributed by atoms with E-state index in [2.05, 4.69) is 30.1 Å². The lowest BCUT2D eigenvalue weighted by Gasteiger charge is -2.27. The molecule has 0 aliphatic carbocycles. The SMILES string of the molecule is CCCCCCCCN(CCCCCCCC)c1cc(NC(C)=O)ccc1OC. The third-order valence-electron chi connectivity index (χ3n) is 5.40. The van der Waals surface area contributed by atoms with Gasteiger partial charge in [-0.3, -0.25) is 4.79 Å². The highest BCUT2D eigenvalue weighted by molar-refractivity contribution is 5.89. The Morgan fingerprint density at radius 1 is 0.862 bits per heavy atom. The van der Waals surface area contributed by atoms with Gasteiger partial charge in [0, 0.05) is 25.7 Å². The molecule has 0 saturated carbocycles. The minimum atomic E-state index is -0.0421. The largest absolute Gasteiger partial charge is 0.495 e. The van der Waals surface area contributed by atoms with Gasteiger partial charge in [-0.05, 0) is 31.0 Å². The Morgan fingerprint density at radius 3 is 1.86 bits per heavy atom. The first kappa shape index (κ1) is 25.3. The minimum absolute atomic E-state index is 0.0421. The van der Waals surface area contributed by atoms with E-state index in [0.717, 1.165) is 30.2 Å². The molecule has 0 aliphatic heterocycles. The molecule has 1 amide bonds. The van der Waals surface area contributed by atoms with Crippen LogP contribution in [0.15, 0.2) is 18.2 Å². The summed E-state index contributed by atoms with van der Waals surface area (Å²) in [6.07, 6.45) is 15.5. The Kier molecular flexibility index (Phi) is 14.1. The average molecular weight is 405 g/mol. The van der Waals surface area contributed by atoms with Gasteiger partial charge < -0.3 is 15.0 Å². The first-order chi connectivity index (χ1) is 14.1. The number of amides is 1. The van der Waals surface area contributed by atoms with Gasteiger partial charge in [-0.25, -0.2) is 0 Å². The van der Waals surface area contributed by atoms with Crippen molar-refractivity contribution in [1.82, 2.24) is 0 Å². The lowest BCUT2D eigenvalue weighted by molar-refractivity contribution is -0.114. The predicted octanol–water partition coefficient (Wildman–Crippen LogP) is 7.18. The van der Waals surface area contributed by atoms with Crippen molar-refractivity contribution in [1.29, 1.82) is 0 Å². The highest BCUT2D eigenvalue weighted by Gasteiger charge is 2.13. The molecule has 0 fully saturated rings. The third-order valence-corrected chi connectivity index (χ3v) is 5.40. The summed E-state index contributed by atoms with van der Waals surface area (Å²) in [6.45, 7) is 8.16. The Hall–Kier alpha value is -1.71. The summed E-state index contributed by atoms with van der Waals surface area (Å²) in [5.74, 6) is 0.843. The summed E-state index contributed by atoms with van der Waals surface area (Å²) in [4.78, 5) is 13.9. The van der Waals surface area contributed by atoms with E-state index in [0.29, 0.717) is 0 Å². The van der Waals surface area contributed by atoms with E-state index in [-0.39, 0.29) is 5.91 Å². The first-order valence-corrected chi connectivity index (χ1v) is 11.8. The van der Waals surface area contributed by atoms with Crippen LogP contribution in [0.2, 0.25) is 0 Å². The number of carbonyl (C=O) groups excluding carboxylic acids is 1. The molecule has 1 aromatic rings. The second-order valence-electron chi connectivity index (χ2n) is 8.09. The standard InChI is InChI=1S/C25H44N2O2/c1-5-7-9-11-13-15-19-27(20-16-14-12-10-8-6-2)24-21-23(26-22(3)28)17-18-25(24)29-4/h17-18,21H,5-16,19-20H2,1-4H3,(H,26,28). The van der Waals surface area contributed by atoms with Gasteiger partial charge in [0.1, 0.15) is 5.75 Å². The van der Waals surface area contributed by atoms with Gasteiger partial charge in [-0.15, -0.1) is 0 Å². The molecular formula is C25H44N2O2. The van der Waals surface area contributed by atoms with Crippen LogP contribution < -0.4 is 15.0 Å². The molecule has 166 valence electrons. The zero-order chi connectivity index (χ0) is 21.3. The number of unbranched alkanes of at least 4 members (excludes halogenated alkanes) is 10. The third kappa shape index (κ3) is 11.2. The van der Waals surface area contributed by atoms with Gasteiger partial charge in [0.05, 0.1) is 12.8 Å². The van der Waals surface area contributed by atoms with E-state index >= 15 is 0 Å². The molecule has 0 bridgehead atoms. The van der Waals surface area contributed by atoms with Gasteiger partial charge in [0.25, 0.3) is 0 Å². The van der Waals surface area contributed by atoms with Crippen molar-refractivity contribution in [3.05, 3.63) is 18.2 Å². The van der Waals surface area contributed by atoms with E-state index < -0.39 is 0 Å². The Balaban J connectivity index is 2.74. The highest BCUT2D eigenvalue weighted by atomic mass is 16.5. The fourth-order valence-electron chi connectivity index (χ4n) is 3.74. The zero-order valence-corrected chi connectivity index (χ0v) is 19.4. The second-order valence-corrected chi connectivity index (χ2v) is 8.09. The summed E-state index contributed by atoms with van der Waals surface area (Å²) in [5.41, 5.74) is 1.94. The second kappa shape index (κ2) is 16.1. The van der Waals surface area contributed by atoms with Crippen molar-refractivity contribution in [3.8, 4) is 5.75 Å². The Bertz CT molecular complexity index is 544. The van der Waals surface area contributed by atoms with Crippen LogP contribution in [-0.2, 0) is 4.79 Å². The van der Waals surface area contributed by atoms with Crippen LogP contribution in [-0.4, -0.2) is 26.1 Å². The number of anilines is 2. The number of methoxy groups -OCH3 is 1. The molecule has 0 aromatic heterocycles. The smallest absolute Gasteiger partial charge is 0.221 e. The van der Waals surface area contributed by atoms with Crippen LogP contribution in [0.3, 0.4) is 0 Å². The maximum atomic E-state index is 11.5. The molecule has 0 atom stereocenters. The van der Waals surface area contributed by atoms with Gasteiger partial charge in [0.15, 0.2) is 0 Å². The lowest BCUT2D eigenvalue weighted by Crippen LogP contribution is -2.26. The van der Waals surface area contributed by atoms with Crippen molar-refractivity contribution in [3.63, 3.8) is 0 Å². The summed E-state index contributed by atoms with van der Waals surface area (Å²) in [6, 6.07) is 5.95. The van der Waals surface area contributed by atoms with Crippen LogP contribution >= 0.6 is 0 Å². The average Bonchev–Trinajstić information content (AvgIpc) is 2.71. The normalized spacial score (nSPS) is 10.8. The van der Waals surface area contributed by atoms with Crippen LogP contribution in [0.1, 0.15) is 97.8 Å². The maximum absolute atomic E-state index is 11.5. The topological polar surface area (TPSA) is 41.6 Å². The fourth-order valence-corrected chi connectivity index (χ4v) is 3.74. The highest BCUT2D eigenvalue weighted by Crippen LogP contribution is 2.32. The van der Waals surface area contributed by atoms with E-state index in [1.807, 2.05) is 12.1 Å². The van der Waals surface area contributed by atoms with Gasteiger partial charge in [0.2, 0.25) is 5.91 Å². The molecule has 1 N–H and O–H groups in total. The number of benzene rings is 1. The molecule has 4 heteroatoms. The van der Waals surface area contributed by atoms with Gasteiger partial charge in [-0.1, -0.05) is 78.1 Å². The summed E-state index contributed by atoms with van der Waals surface area (Å²) < 4.78 is 5.65. The van der Waals surface area contributed by atoms with Crippen molar-refractivity contribution >= 4 is 17.3 Å². The van der Waals surface area contributed by atoms with Crippen LogP contribution in [0.5, 0.6) is 5.75 Å². The minimum Gasteiger partial charge on any atom is -0.495 e. The molecular weight excluding hydrogens is 360 g/mol. The number of nitrogens with one attached hydrogen (secondary N) is 1. The summed E-state index contributed by atoms with van der Waals surface area (Å²) in [5, 5.41) is 2.91. The summed E-state index contributed by atoms with van der Waals surface area (Å²) in [7, 11) is 1.73. The number of rotatable bonds is 17. The molecule has 0 aliphatic rings. The van der Waals surface area contributed by atoms with Crippen molar-refractivity contribution in [2.45, 2.75) is 97.8 Å². The van der Waals surface area contributed by atoms with Crippen LogP contribution in [0.25, 0.3) is 0 Å². The molecule has 0 radical (unpaired) electrons. The number of ether oxygens (including phenoxy) is 1. The number of hydrogen-bond donors (Lipinski definition) is 1. The number of carbonyl (C=O) groups is 1. The Labute approximate surface area is 179 Å². The fraction of sp³-hybridized carbons (Fsp3) is 0.720. The molecule has 4 nitrogen and oxygen atoms in total. The Morgan fingerprint density at radius 2 is 1.38 bits per heavy atom. The van der Waals surface area contributed by atoms with Crippen molar-refractivity contribution < 1.29 is 9.53 Å². The van der Waals surface area contributed by atoms with Crippen LogP contribution in [0.4, 0.5) is 11.4 Å². The number of nitrogens with zero attached hydrogens (tertiary/aromatic N) is 1. The molecule has 0 heterocycles. The molecule has 0 spiro atoms. The van der Waals surface area contributed by atoms with E-state index in [4.69, 9.17) is 4.74 Å². The predicted molar refractivity (Wildman–Crippen MR) is 126 cm³/mol. The van der Waals surface area contributed by atoms with Crippen molar-refractivity contribution in [2.75, 3.05) is 30.4 Å². The molecule has 0 saturated heterocycles. The maximum Gasteiger partial charge on any atom is 0.221 e.